The van der Waals surface area contributed by atoms with Gasteiger partial charge in [0.15, 0.2) is 4.87 Å². The maximum Gasteiger partial charge on any atom is 0.241 e. The number of ether oxygens (including phenoxy) is 1. The Morgan fingerprint density at radius 3 is 2.77 bits per heavy atom. The summed E-state index contributed by atoms with van der Waals surface area (Å²) in [5.74, 6) is -2.08. The van der Waals surface area contributed by atoms with E-state index in [0.29, 0.717) is 29.8 Å². The van der Waals surface area contributed by atoms with E-state index in [1.165, 1.54) is 24.1 Å². The molecule has 2 aromatic carbocycles. The average molecular weight is 435 g/mol. The van der Waals surface area contributed by atoms with Crippen LogP contribution in [0.3, 0.4) is 0 Å². The zero-order chi connectivity index (χ0) is 21.6. The van der Waals surface area contributed by atoms with Crippen molar-refractivity contribution in [3.8, 4) is 5.75 Å². The molecule has 0 saturated carbocycles. The van der Waals surface area contributed by atoms with Crippen LogP contribution >= 0.6 is 11.8 Å². The molecule has 2 aliphatic rings. The first kappa shape index (κ1) is 20.7. The number of amides is 1. The van der Waals surface area contributed by atoms with Crippen LogP contribution in [0.2, 0.25) is 0 Å². The van der Waals surface area contributed by atoms with Gasteiger partial charge in [0.05, 0.1) is 6.61 Å². The maximum atomic E-state index is 14.5. The zero-order valence-electron chi connectivity index (χ0n) is 16.4. The fraction of sp³-hybridized carbons (Fsp3) is 0.333. The molecule has 5 nitrogen and oxygen atoms in total. The SMILES string of the molecule is CC(=O)N1N=C(c2cc(F)ccc2F)S[C@]12c1cc(F)cc(C)c1OC[C@H]2CCN. The van der Waals surface area contributed by atoms with Crippen molar-refractivity contribution >= 4 is 22.7 Å². The number of carbonyl (C=O) groups is 1. The molecular weight excluding hydrogens is 415 g/mol. The van der Waals surface area contributed by atoms with Crippen molar-refractivity contribution < 1.29 is 22.7 Å². The molecular formula is C21H20F3N3O2S. The van der Waals surface area contributed by atoms with E-state index in [4.69, 9.17) is 10.5 Å². The van der Waals surface area contributed by atoms with E-state index in [9.17, 15) is 18.0 Å². The van der Waals surface area contributed by atoms with E-state index in [-0.39, 0.29) is 23.1 Å². The van der Waals surface area contributed by atoms with Gasteiger partial charge in [-0.15, -0.1) is 0 Å². The summed E-state index contributed by atoms with van der Waals surface area (Å²) in [5, 5.41) is 5.74. The summed E-state index contributed by atoms with van der Waals surface area (Å²) >= 11 is 1.10. The van der Waals surface area contributed by atoms with E-state index < -0.39 is 28.2 Å². The van der Waals surface area contributed by atoms with Gasteiger partial charge in [-0.25, -0.2) is 18.2 Å². The predicted octanol–water partition coefficient (Wildman–Crippen LogP) is 3.88. The largest absolute Gasteiger partial charge is 0.492 e. The highest BCUT2D eigenvalue weighted by atomic mass is 32.2. The molecule has 2 aliphatic heterocycles. The smallest absolute Gasteiger partial charge is 0.241 e. The summed E-state index contributed by atoms with van der Waals surface area (Å²) < 4.78 is 48.7. The standard InChI is InChI=1S/C21H20F3N3O2S/c1-11-7-15(23)9-17-19(11)29-10-13(5-6-25)21(17)27(12(2)28)26-20(30-21)16-8-14(22)3-4-18(16)24/h3-4,7-9,13H,5-6,10,25H2,1-2H3/t13-,21-/m1/s1. The summed E-state index contributed by atoms with van der Waals surface area (Å²) in [6, 6.07) is 5.72. The highest BCUT2D eigenvalue weighted by Crippen LogP contribution is 2.58. The maximum absolute atomic E-state index is 14.5. The number of halogens is 3. The Morgan fingerprint density at radius 2 is 2.07 bits per heavy atom. The molecule has 0 fully saturated rings. The van der Waals surface area contributed by atoms with Gasteiger partial charge < -0.3 is 10.5 Å². The van der Waals surface area contributed by atoms with Crippen molar-refractivity contribution in [1.29, 1.82) is 0 Å². The third-order valence-corrected chi connectivity index (χ3v) is 6.87. The lowest BCUT2D eigenvalue weighted by molar-refractivity contribution is -0.134. The third kappa shape index (κ3) is 3.16. The third-order valence-electron chi connectivity index (χ3n) is 5.34. The molecule has 1 spiro atoms. The molecule has 30 heavy (non-hydrogen) atoms. The quantitative estimate of drug-likeness (QED) is 0.795. The Balaban J connectivity index is 1.94. The monoisotopic (exact) mass is 435 g/mol. The average Bonchev–Trinajstić information content (AvgIpc) is 3.08. The number of rotatable bonds is 3. The minimum Gasteiger partial charge on any atom is -0.492 e. The molecule has 0 radical (unpaired) electrons. The van der Waals surface area contributed by atoms with E-state index in [1.807, 2.05) is 0 Å². The van der Waals surface area contributed by atoms with Gasteiger partial charge in [0, 0.05) is 24.0 Å². The second-order valence-electron chi connectivity index (χ2n) is 7.34. The Morgan fingerprint density at radius 1 is 1.30 bits per heavy atom. The molecule has 0 bridgehead atoms. The number of carbonyl (C=O) groups excluding carboxylic acids is 1. The molecule has 2 heterocycles. The zero-order valence-corrected chi connectivity index (χ0v) is 17.2. The van der Waals surface area contributed by atoms with Crippen LogP contribution in [0.25, 0.3) is 0 Å². The second-order valence-corrected chi connectivity index (χ2v) is 8.56. The molecule has 0 saturated heterocycles. The van der Waals surface area contributed by atoms with E-state index in [0.717, 1.165) is 30.0 Å². The van der Waals surface area contributed by atoms with Crippen molar-refractivity contribution in [3.05, 3.63) is 64.5 Å². The van der Waals surface area contributed by atoms with E-state index >= 15 is 0 Å². The Kier molecular flexibility index (Phi) is 5.27. The van der Waals surface area contributed by atoms with Gasteiger partial charge in [0.25, 0.3) is 0 Å². The normalized spacial score (nSPS) is 22.7. The molecule has 0 aliphatic carbocycles. The van der Waals surface area contributed by atoms with Crippen LogP contribution in [0.4, 0.5) is 13.2 Å². The van der Waals surface area contributed by atoms with Gasteiger partial charge in [-0.1, -0.05) is 11.8 Å². The van der Waals surface area contributed by atoms with Crippen molar-refractivity contribution in [1.82, 2.24) is 5.01 Å². The topological polar surface area (TPSA) is 67.9 Å². The first-order valence-electron chi connectivity index (χ1n) is 9.45. The van der Waals surface area contributed by atoms with Crippen LogP contribution < -0.4 is 10.5 Å². The molecule has 2 N–H and O–H groups in total. The first-order chi connectivity index (χ1) is 14.3. The lowest BCUT2D eigenvalue weighted by atomic mass is 9.85. The Hall–Kier alpha value is -2.52. The van der Waals surface area contributed by atoms with Gasteiger partial charge >= 0.3 is 0 Å². The predicted molar refractivity (Wildman–Crippen MR) is 108 cm³/mol. The van der Waals surface area contributed by atoms with Crippen molar-refractivity contribution in [2.75, 3.05) is 13.2 Å². The van der Waals surface area contributed by atoms with Gasteiger partial charge in [0.2, 0.25) is 5.91 Å². The summed E-state index contributed by atoms with van der Waals surface area (Å²) in [5.41, 5.74) is 6.76. The number of benzene rings is 2. The van der Waals surface area contributed by atoms with Gasteiger partial charge in [-0.05, 0) is 55.8 Å². The number of nitrogens with zero attached hydrogens (tertiary/aromatic N) is 2. The summed E-state index contributed by atoms with van der Waals surface area (Å²) in [4.78, 5) is 11.5. The molecule has 158 valence electrons. The fourth-order valence-electron chi connectivity index (χ4n) is 4.06. The van der Waals surface area contributed by atoms with Crippen LogP contribution in [-0.4, -0.2) is 29.1 Å². The number of hydrogen-bond acceptors (Lipinski definition) is 5. The minimum absolute atomic E-state index is 0.0595. The second kappa shape index (κ2) is 7.63. The first-order valence-corrected chi connectivity index (χ1v) is 10.3. The number of nitrogens with two attached hydrogens (primary N) is 1. The minimum atomic E-state index is -1.18. The molecule has 2 atom stereocenters. The van der Waals surface area contributed by atoms with Gasteiger partial charge in [-0.3, -0.25) is 4.79 Å². The van der Waals surface area contributed by atoms with Crippen LogP contribution in [0.5, 0.6) is 5.75 Å². The molecule has 4 rings (SSSR count). The van der Waals surface area contributed by atoms with Crippen molar-refractivity contribution in [3.63, 3.8) is 0 Å². The van der Waals surface area contributed by atoms with E-state index in [1.54, 1.807) is 6.92 Å². The van der Waals surface area contributed by atoms with E-state index in [2.05, 4.69) is 5.10 Å². The number of fused-ring (bicyclic) bond motifs is 2. The van der Waals surface area contributed by atoms with Gasteiger partial charge in [-0.2, -0.15) is 5.10 Å². The number of aryl methyl sites for hydroxylation is 1. The summed E-state index contributed by atoms with van der Waals surface area (Å²) in [7, 11) is 0. The molecule has 9 heteroatoms. The Labute approximate surface area is 176 Å². The van der Waals surface area contributed by atoms with Crippen LogP contribution in [0.1, 0.15) is 30.0 Å². The Bertz CT molecular complexity index is 1060. The van der Waals surface area contributed by atoms with Crippen molar-refractivity contribution in [2.45, 2.75) is 25.1 Å². The van der Waals surface area contributed by atoms with Crippen molar-refractivity contribution in [2.24, 2.45) is 16.8 Å². The van der Waals surface area contributed by atoms with Gasteiger partial charge in [0.1, 0.15) is 28.2 Å². The molecule has 1 amide bonds. The molecule has 0 unspecified atom stereocenters. The van der Waals surface area contributed by atoms with Crippen LogP contribution in [0.15, 0.2) is 35.4 Å². The summed E-state index contributed by atoms with van der Waals surface area (Å²) in [6.45, 7) is 3.57. The number of hydrazone groups is 1. The summed E-state index contributed by atoms with van der Waals surface area (Å²) in [6.07, 6.45) is 0.459. The highest BCUT2D eigenvalue weighted by Gasteiger charge is 2.57. The molecule has 0 aromatic heterocycles. The fourth-order valence-corrected chi connectivity index (χ4v) is 5.61. The number of thioether (sulfide) groups is 1. The molecule has 2 aromatic rings. The van der Waals surface area contributed by atoms with Crippen LogP contribution in [0, 0.1) is 30.3 Å². The van der Waals surface area contributed by atoms with Crippen LogP contribution in [-0.2, 0) is 9.67 Å². The lowest BCUT2D eigenvalue weighted by Crippen LogP contribution is -2.51. The highest BCUT2D eigenvalue weighted by molar-refractivity contribution is 8.15. The lowest BCUT2D eigenvalue weighted by Gasteiger charge is -2.45. The number of hydrogen-bond donors (Lipinski definition) is 1.